The number of hydrogen-bond acceptors (Lipinski definition) is 12. The third kappa shape index (κ3) is 15.7. The minimum absolute atomic E-state index is 0.0190. The molecule has 0 aromatic heterocycles. The SMILES string of the molecule is COc1cc(OCOCC[Si](C)(C)C)c([C@@H]2C[C@H](CCc3ccc(OS(=O)(=O)c4ccccc4)cc3)O[C@H](c3ccc(OS(=O)(=O)c4ccccc4)cc3)C2)c(OCOCC[Si](C)(C)C)c1Br. The summed E-state index contributed by atoms with van der Waals surface area (Å²) in [6.45, 7) is 15.0. The lowest BCUT2D eigenvalue weighted by molar-refractivity contribution is -0.0640. The summed E-state index contributed by atoms with van der Waals surface area (Å²) in [7, 11) is -9.14. The molecular weight excluding hydrogens is 993 g/mol. The number of aryl methyl sites for hydroxylation is 1. The average molecular weight is 1060 g/mol. The Labute approximate surface area is 407 Å². The molecule has 3 atom stereocenters. The third-order valence-corrected chi connectivity index (χ3v) is 17.9. The summed E-state index contributed by atoms with van der Waals surface area (Å²) in [4.78, 5) is 0.136. The lowest BCUT2D eigenvalue weighted by Gasteiger charge is -2.37. The van der Waals surface area contributed by atoms with Crippen LogP contribution in [0.3, 0.4) is 0 Å². The van der Waals surface area contributed by atoms with Gasteiger partial charge < -0.3 is 36.8 Å². The van der Waals surface area contributed by atoms with Crippen molar-refractivity contribution in [3.8, 4) is 28.7 Å². The third-order valence-electron chi connectivity index (χ3n) is 11.2. The summed E-state index contributed by atoms with van der Waals surface area (Å²) in [5.41, 5.74) is 2.63. The van der Waals surface area contributed by atoms with Crippen LogP contribution in [0.25, 0.3) is 0 Å². The van der Waals surface area contributed by atoms with Gasteiger partial charge in [-0.25, -0.2) is 0 Å². The van der Waals surface area contributed by atoms with Gasteiger partial charge in [0.1, 0.15) is 43.0 Å². The van der Waals surface area contributed by atoms with E-state index >= 15 is 0 Å². The van der Waals surface area contributed by atoms with Crippen molar-refractivity contribution in [3.63, 3.8) is 0 Å². The molecule has 0 radical (unpaired) electrons. The van der Waals surface area contributed by atoms with Crippen molar-refractivity contribution in [3.05, 3.63) is 136 Å². The van der Waals surface area contributed by atoms with Crippen LogP contribution in [0.1, 0.15) is 48.0 Å². The Kier molecular flexibility index (Phi) is 18.2. The molecule has 12 nitrogen and oxygen atoms in total. The van der Waals surface area contributed by atoms with Gasteiger partial charge in [0.25, 0.3) is 0 Å². The molecule has 1 aliphatic heterocycles. The first-order chi connectivity index (χ1) is 31.8. The van der Waals surface area contributed by atoms with Gasteiger partial charge in [-0.15, -0.1) is 0 Å². The Morgan fingerprint density at radius 2 is 1.15 bits per heavy atom. The summed E-state index contributed by atoms with van der Waals surface area (Å²) in [6, 6.07) is 33.9. The maximum Gasteiger partial charge on any atom is 0.339 e. The van der Waals surface area contributed by atoms with Gasteiger partial charge in [-0.3, -0.25) is 0 Å². The van der Waals surface area contributed by atoms with E-state index in [0.717, 1.165) is 28.8 Å². The number of ether oxygens (including phenoxy) is 6. The van der Waals surface area contributed by atoms with Crippen LogP contribution in [0.5, 0.6) is 28.7 Å². The quantitative estimate of drug-likeness (QED) is 0.0251. The fraction of sp³-hybridized carbons (Fsp3) is 0.400. The Hall–Kier alpha value is -4.21. The molecule has 6 rings (SSSR count). The maximum atomic E-state index is 13.1. The number of benzene rings is 5. The minimum atomic E-state index is -4.05. The molecule has 0 bridgehead atoms. The van der Waals surface area contributed by atoms with Gasteiger partial charge in [0, 0.05) is 41.0 Å². The summed E-state index contributed by atoms with van der Waals surface area (Å²) < 4.78 is 101. The lowest BCUT2D eigenvalue weighted by atomic mass is 9.81. The van der Waals surface area contributed by atoms with E-state index in [-0.39, 0.29) is 46.9 Å². The van der Waals surface area contributed by atoms with E-state index in [4.69, 9.17) is 36.8 Å². The molecular formula is C50H63BrO12S2Si2. The number of methoxy groups -OCH3 is 1. The van der Waals surface area contributed by atoms with Crippen LogP contribution in [0.15, 0.2) is 130 Å². The summed E-state index contributed by atoms with van der Waals surface area (Å²) in [6.07, 6.45) is 1.67. The van der Waals surface area contributed by atoms with Crippen molar-refractivity contribution >= 4 is 52.3 Å². The first-order valence-electron chi connectivity index (χ1n) is 22.5. The smallest absolute Gasteiger partial charge is 0.339 e. The molecule has 0 aliphatic carbocycles. The number of halogens is 1. The Morgan fingerprint density at radius 3 is 1.66 bits per heavy atom. The Balaban J connectivity index is 1.30. The van der Waals surface area contributed by atoms with Crippen LogP contribution in [0, 0.1) is 0 Å². The normalized spacial score (nSPS) is 16.9. The first-order valence-corrected chi connectivity index (χ1v) is 33.5. The van der Waals surface area contributed by atoms with Gasteiger partial charge in [-0.05, 0) is 119 Å². The van der Waals surface area contributed by atoms with Gasteiger partial charge >= 0.3 is 20.2 Å². The van der Waals surface area contributed by atoms with E-state index in [1.807, 2.05) is 30.3 Å². The van der Waals surface area contributed by atoms with Crippen LogP contribution in [-0.4, -0.2) is 73.0 Å². The molecule has 1 saturated heterocycles. The van der Waals surface area contributed by atoms with Gasteiger partial charge in [-0.1, -0.05) is 99.9 Å². The largest absolute Gasteiger partial charge is 0.495 e. The first kappa shape index (κ1) is 52.2. The van der Waals surface area contributed by atoms with Gasteiger partial charge in [0.2, 0.25) is 0 Å². The zero-order chi connectivity index (χ0) is 48.2. The zero-order valence-electron chi connectivity index (χ0n) is 39.4. The average Bonchev–Trinajstić information content (AvgIpc) is 3.29. The summed E-state index contributed by atoms with van der Waals surface area (Å²) in [5, 5.41) is 0. The molecule has 362 valence electrons. The topological polar surface area (TPSA) is 142 Å². The second kappa shape index (κ2) is 23.4. The van der Waals surface area contributed by atoms with Crippen LogP contribution < -0.4 is 22.6 Å². The molecule has 1 aliphatic rings. The fourth-order valence-corrected chi connectivity index (χ4v) is 11.5. The van der Waals surface area contributed by atoms with E-state index in [9.17, 15) is 16.8 Å². The molecule has 5 aromatic rings. The standard InChI is InChI=1S/C50H63BrO12S2Si2/c1-56-47-34-46(59-35-57-28-30-66(2,3)4)48(50(49(47)51)60-36-58-29-31-67(5,6)7)39-32-42(25-20-37-18-23-40(24-19-37)62-64(52,53)43-14-10-8-11-15-43)61-45(33-39)38-21-26-41(27-22-38)63-65(54,55)44-16-12-9-13-17-44/h8-19,21-24,26-27,34,39,42,45H,20,25,28-33,35-36H2,1-7H3/t39-,42+,45+/m1/s1. The van der Waals surface area contributed by atoms with Crippen molar-refractivity contribution in [1.82, 2.24) is 0 Å². The predicted octanol–water partition coefficient (Wildman–Crippen LogP) is 12.0. The lowest BCUT2D eigenvalue weighted by Crippen LogP contribution is -2.29. The van der Waals surface area contributed by atoms with Crippen LogP contribution in [0.2, 0.25) is 51.4 Å². The highest BCUT2D eigenvalue weighted by atomic mass is 79.9. The molecule has 0 saturated carbocycles. The fourth-order valence-electron chi connectivity index (χ4n) is 7.43. The number of rotatable bonds is 24. The van der Waals surface area contributed by atoms with E-state index in [1.165, 1.54) is 24.3 Å². The second-order valence-corrected chi connectivity index (χ2v) is 34.1. The Morgan fingerprint density at radius 1 is 0.642 bits per heavy atom. The van der Waals surface area contributed by atoms with Gasteiger partial charge in [0.15, 0.2) is 13.6 Å². The molecule has 0 spiro atoms. The monoisotopic (exact) mass is 1050 g/mol. The zero-order valence-corrected chi connectivity index (χ0v) is 44.6. The van der Waals surface area contributed by atoms with Crippen molar-refractivity contribution in [2.45, 2.75) is 105 Å². The minimum Gasteiger partial charge on any atom is -0.495 e. The molecule has 1 heterocycles. The second-order valence-electron chi connectivity index (χ2n) is 19.0. The van der Waals surface area contributed by atoms with Crippen molar-refractivity contribution in [1.29, 1.82) is 0 Å². The molecule has 67 heavy (non-hydrogen) atoms. The van der Waals surface area contributed by atoms with Crippen LogP contribution in [-0.2, 0) is 40.9 Å². The van der Waals surface area contributed by atoms with Crippen molar-refractivity contribution in [2.75, 3.05) is 33.9 Å². The Bertz CT molecular complexity index is 2570. The van der Waals surface area contributed by atoms with E-state index in [2.05, 4.69) is 55.2 Å². The highest BCUT2D eigenvalue weighted by Gasteiger charge is 2.36. The molecule has 0 N–H and O–H groups in total. The van der Waals surface area contributed by atoms with Crippen LogP contribution in [0.4, 0.5) is 0 Å². The predicted molar refractivity (Wildman–Crippen MR) is 269 cm³/mol. The molecule has 0 amide bonds. The van der Waals surface area contributed by atoms with Crippen LogP contribution >= 0.6 is 15.9 Å². The van der Waals surface area contributed by atoms with Crippen molar-refractivity contribution in [2.24, 2.45) is 0 Å². The molecule has 5 aromatic carbocycles. The number of hydrogen-bond donors (Lipinski definition) is 0. The molecule has 1 fully saturated rings. The van der Waals surface area contributed by atoms with Crippen molar-refractivity contribution < 1.29 is 53.6 Å². The van der Waals surface area contributed by atoms with Gasteiger partial charge in [-0.2, -0.15) is 16.8 Å². The van der Waals surface area contributed by atoms with Gasteiger partial charge in [0.05, 0.1) is 19.3 Å². The summed E-state index contributed by atoms with van der Waals surface area (Å²) >= 11 is 3.81. The highest BCUT2D eigenvalue weighted by Crippen LogP contribution is 2.52. The highest BCUT2D eigenvalue weighted by molar-refractivity contribution is 9.10. The van der Waals surface area contributed by atoms with E-state index in [1.54, 1.807) is 67.8 Å². The van der Waals surface area contributed by atoms with E-state index in [0.29, 0.717) is 60.6 Å². The van der Waals surface area contributed by atoms with E-state index < -0.39 is 42.5 Å². The maximum absolute atomic E-state index is 13.1. The molecule has 17 heteroatoms. The summed E-state index contributed by atoms with van der Waals surface area (Å²) in [5.74, 6) is 1.85. The molecule has 0 unspecified atom stereocenters.